The van der Waals surface area contributed by atoms with Gasteiger partial charge in [-0.2, -0.15) is 5.10 Å². The first-order valence-electron chi connectivity index (χ1n) is 9.61. The van der Waals surface area contributed by atoms with Gasteiger partial charge in [-0.3, -0.25) is 4.79 Å². The lowest BCUT2D eigenvalue weighted by Gasteiger charge is -2.11. The van der Waals surface area contributed by atoms with E-state index >= 15 is 0 Å². The Labute approximate surface area is 193 Å². The second-order valence-corrected chi connectivity index (χ2v) is 7.80. The van der Waals surface area contributed by atoms with Gasteiger partial charge in [-0.15, -0.1) is 0 Å². The molecular weight excluding hydrogens is 479 g/mol. The van der Waals surface area contributed by atoms with Gasteiger partial charge in [-0.25, -0.2) is 14.6 Å². The Morgan fingerprint density at radius 1 is 1.09 bits per heavy atom. The summed E-state index contributed by atoms with van der Waals surface area (Å²) in [7, 11) is 0. The Hall–Kier alpha value is -3.52. The molecule has 0 fully saturated rings. The van der Waals surface area contributed by atoms with Crippen LogP contribution in [0.4, 0.5) is 4.39 Å². The maximum atomic E-state index is 13.2. The first-order valence-corrected chi connectivity index (χ1v) is 10.4. The smallest absolute Gasteiger partial charge is 0.343 e. The molecule has 0 radical (unpaired) electrons. The van der Waals surface area contributed by atoms with Gasteiger partial charge in [0.05, 0.1) is 16.3 Å². The highest BCUT2D eigenvalue weighted by molar-refractivity contribution is 9.10. The van der Waals surface area contributed by atoms with Crippen molar-refractivity contribution in [1.29, 1.82) is 0 Å². The van der Waals surface area contributed by atoms with Crippen LogP contribution in [0.1, 0.15) is 27.0 Å². The van der Waals surface area contributed by atoms with Crippen LogP contribution in [-0.4, -0.2) is 24.7 Å². The number of hydrogen-bond acceptors (Lipinski definition) is 5. The minimum absolute atomic E-state index is 0.119. The van der Waals surface area contributed by atoms with Crippen molar-refractivity contribution in [2.24, 2.45) is 5.10 Å². The van der Waals surface area contributed by atoms with Gasteiger partial charge in [0.1, 0.15) is 17.3 Å². The molecule has 0 saturated carbocycles. The fraction of sp³-hybridized carbons (Fsp3) is 0.125. The normalized spacial score (nSPS) is 10.8. The highest BCUT2D eigenvalue weighted by Crippen LogP contribution is 2.30. The van der Waals surface area contributed by atoms with Crippen molar-refractivity contribution in [2.45, 2.75) is 13.8 Å². The Bertz CT molecular complexity index is 1140. The van der Waals surface area contributed by atoms with E-state index in [9.17, 15) is 14.0 Å². The van der Waals surface area contributed by atoms with Gasteiger partial charge in [-0.05, 0) is 95.0 Å². The number of rotatable bonds is 7. The van der Waals surface area contributed by atoms with Crippen LogP contribution in [-0.2, 0) is 4.79 Å². The zero-order chi connectivity index (χ0) is 23.1. The molecule has 0 bridgehead atoms. The Morgan fingerprint density at radius 3 is 2.53 bits per heavy atom. The third-order valence-electron chi connectivity index (χ3n) is 4.28. The van der Waals surface area contributed by atoms with Crippen LogP contribution in [0.15, 0.2) is 70.2 Å². The number of benzene rings is 3. The minimum Gasteiger partial charge on any atom is -0.482 e. The molecule has 32 heavy (non-hydrogen) atoms. The lowest BCUT2D eigenvalue weighted by molar-refractivity contribution is -0.123. The largest absolute Gasteiger partial charge is 0.482 e. The number of hydrogen-bond donors (Lipinski definition) is 1. The summed E-state index contributed by atoms with van der Waals surface area (Å²) in [5.74, 6) is -0.673. The molecule has 0 unspecified atom stereocenters. The van der Waals surface area contributed by atoms with Gasteiger partial charge in [0.2, 0.25) is 0 Å². The summed E-state index contributed by atoms with van der Waals surface area (Å²) in [5.41, 5.74) is 5.20. The van der Waals surface area contributed by atoms with E-state index < -0.39 is 17.7 Å². The lowest BCUT2D eigenvalue weighted by Crippen LogP contribution is -2.24. The van der Waals surface area contributed by atoms with E-state index in [0.717, 1.165) is 21.7 Å². The van der Waals surface area contributed by atoms with Crippen molar-refractivity contribution >= 4 is 34.0 Å². The van der Waals surface area contributed by atoms with E-state index in [4.69, 9.17) is 9.47 Å². The molecule has 3 rings (SSSR count). The van der Waals surface area contributed by atoms with Crippen molar-refractivity contribution in [3.63, 3.8) is 0 Å². The number of aryl methyl sites for hydroxylation is 2. The number of esters is 1. The number of carbonyl (C=O) groups is 2. The molecule has 0 saturated heterocycles. The summed E-state index contributed by atoms with van der Waals surface area (Å²) in [6.45, 7) is 3.70. The van der Waals surface area contributed by atoms with Crippen LogP contribution in [0.25, 0.3) is 0 Å². The fourth-order valence-electron chi connectivity index (χ4n) is 2.84. The molecule has 0 aliphatic carbocycles. The summed E-state index contributed by atoms with van der Waals surface area (Å²) >= 11 is 3.43. The molecule has 0 aliphatic heterocycles. The number of ether oxygens (including phenoxy) is 2. The van der Waals surface area contributed by atoms with E-state index in [1.165, 1.54) is 24.4 Å². The van der Waals surface area contributed by atoms with Crippen molar-refractivity contribution in [3.05, 3.63) is 93.2 Å². The molecule has 1 N–H and O–H groups in total. The Kier molecular flexibility index (Phi) is 7.72. The van der Waals surface area contributed by atoms with Crippen LogP contribution in [0.3, 0.4) is 0 Å². The molecule has 3 aromatic rings. The number of nitrogens with one attached hydrogen (secondary N) is 1. The standard InChI is InChI=1S/C24H20BrFN2O4/c1-15-10-16(2)23(21(25)11-15)31-14-22(29)28-27-13-17-6-8-20(9-7-17)32-24(30)18-4-3-5-19(26)12-18/h3-13H,14H2,1-2H3,(H,28,29)/b27-13-. The summed E-state index contributed by atoms with van der Waals surface area (Å²) in [6.07, 6.45) is 1.45. The molecule has 6 nitrogen and oxygen atoms in total. The lowest BCUT2D eigenvalue weighted by atomic mass is 10.1. The van der Waals surface area contributed by atoms with E-state index in [1.54, 1.807) is 24.3 Å². The van der Waals surface area contributed by atoms with E-state index in [1.807, 2.05) is 26.0 Å². The predicted octanol–water partition coefficient (Wildman–Crippen LogP) is 4.95. The minimum atomic E-state index is -0.659. The molecule has 8 heteroatoms. The number of hydrazone groups is 1. The molecule has 1 amide bonds. The van der Waals surface area contributed by atoms with Gasteiger partial charge in [0.25, 0.3) is 5.91 Å². The molecule has 3 aromatic carbocycles. The third-order valence-corrected chi connectivity index (χ3v) is 4.86. The van der Waals surface area contributed by atoms with Crippen molar-refractivity contribution in [3.8, 4) is 11.5 Å². The first kappa shape index (κ1) is 23.1. The fourth-order valence-corrected chi connectivity index (χ4v) is 3.63. The summed E-state index contributed by atoms with van der Waals surface area (Å²) < 4.78 is 24.8. The zero-order valence-electron chi connectivity index (χ0n) is 17.4. The van der Waals surface area contributed by atoms with Gasteiger partial charge in [0, 0.05) is 0 Å². The van der Waals surface area contributed by atoms with E-state index in [2.05, 4.69) is 26.5 Å². The second kappa shape index (κ2) is 10.7. The summed E-state index contributed by atoms with van der Waals surface area (Å²) in [4.78, 5) is 24.0. The summed E-state index contributed by atoms with van der Waals surface area (Å²) in [6, 6.07) is 15.6. The number of nitrogens with zero attached hydrogens (tertiary/aromatic N) is 1. The average molecular weight is 499 g/mol. The summed E-state index contributed by atoms with van der Waals surface area (Å²) in [5, 5.41) is 3.89. The van der Waals surface area contributed by atoms with Crippen LogP contribution >= 0.6 is 15.9 Å². The molecule has 0 aromatic heterocycles. The van der Waals surface area contributed by atoms with Gasteiger partial charge < -0.3 is 9.47 Å². The maximum Gasteiger partial charge on any atom is 0.343 e. The Morgan fingerprint density at radius 2 is 1.84 bits per heavy atom. The zero-order valence-corrected chi connectivity index (χ0v) is 19.0. The highest BCUT2D eigenvalue weighted by atomic mass is 79.9. The second-order valence-electron chi connectivity index (χ2n) is 6.94. The van der Waals surface area contributed by atoms with Crippen molar-refractivity contribution in [2.75, 3.05) is 6.61 Å². The molecule has 0 heterocycles. The number of carbonyl (C=O) groups excluding carboxylic acids is 2. The molecular formula is C24H20BrFN2O4. The van der Waals surface area contributed by atoms with Crippen LogP contribution in [0, 0.1) is 19.7 Å². The van der Waals surface area contributed by atoms with Crippen molar-refractivity contribution < 1.29 is 23.5 Å². The topological polar surface area (TPSA) is 77.0 Å². The molecule has 0 spiro atoms. The highest BCUT2D eigenvalue weighted by Gasteiger charge is 2.10. The quantitative estimate of drug-likeness (QED) is 0.216. The Balaban J connectivity index is 1.49. The predicted molar refractivity (Wildman–Crippen MR) is 123 cm³/mol. The van der Waals surface area contributed by atoms with Crippen LogP contribution in [0.5, 0.6) is 11.5 Å². The monoisotopic (exact) mass is 498 g/mol. The average Bonchev–Trinajstić information content (AvgIpc) is 2.74. The van der Waals surface area contributed by atoms with Crippen molar-refractivity contribution in [1.82, 2.24) is 5.43 Å². The van der Waals surface area contributed by atoms with Crippen LogP contribution in [0.2, 0.25) is 0 Å². The van der Waals surface area contributed by atoms with E-state index in [0.29, 0.717) is 17.1 Å². The van der Waals surface area contributed by atoms with Gasteiger partial charge in [-0.1, -0.05) is 12.1 Å². The number of halogens is 2. The van der Waals surface area contributed by atoms with Gasteiger partial charge >= 0.3 is 5.97 Å². The SMILES string of the molecule is Cc1cc(C)c(OCC(=O)N/N=C\c2ccc(OC(=O)c3cccc(F)c3)cc2)c(Br)c1. The molecule has 164 valence electrons. The van der Waals surface area contributed by atoms with Crippen LogP contribution < -0.4 is 14.9 Å². The van der Waals surface area contributed by atoms with E-state index in [-0.39, 0.29) is 12.2 Å². The molecule has 0 aliphatic rings. The molecule has 0 atom stereocenters. The third kappa shape index (κ3) is 6.49. The first-order chi connectivity index (χ1) is 15.3. The van der Waals surface area contributed by atoms with Gasteiger partial charge in [0.15, 0.2) is 6.61 Å². The number of amides is 1. The maximum absolute atomic E-state index is 13.2.